The maximum absolute atomic E-state index is 12.6. The summed E-state index contributed by atoms with van der Waals surface area (Å²) in [4.78, 5) is 17.3. The molecule has 0 unspecified atom stereocenters. The maximum atomic E-state index is 12.6. The van der Waals surface area contributed by atoms with Gasteiger partial charge in [-0.05, 0) is 42.8 Å². The fourth-order valence-electron chi connectivity index (χ4n) is 3.75. The molecule has 2 aromatic carbocycles. The molecule has 5 rings (SSSR count). The zero-order valence-electron chi connectivity index (χ0n) is 15.0. The molecule has 0 saturated carbocycles. The number of fused-ring (bicyclic) bond motifs is 2. The van der Waals surface area contributed by atoms with Crippen molar-refractivity contribution in [3.8, 4) is 5.13 Å². The number of aryl methyl sites for hydroxylation is 1. The molecule has 2 aromatic heterocycles. The molecule has 0 radical (unpaired) electrons. The molecule has 0 saturated heterocycles. The Morgan fingerprint density at radius 1 is 1.21 bits per heavy atom. The Labute approximate surface area is 188 Å². The van der Waals surface area contributed by atoms with Gasteiger partial charge in [0.05, 0.1) is 15.9 Å². The molecule has 0 fully saturated rings. The largest absolute Gasteiger partial charge is 0.310 e. The number of halogens is 3. The van der Waals surface area contributed by atoms with Crippen molar-refractivity contribution in [1.82, 2.24) is 14.8 Å². The predicted octanol–water partition coefficient (Wildman–Crippen LogP) is 6.33. The van der Waals surface area contributed by atoms with Crippen LogP contribution in [-0.4, -0.2) is 20.7 Å². The third kappa shape index (κ3) is 3.17. The molecule has 1 atom stereocenters. The monoisotopic (exact) mass is 506 g/mol. The van der Waals surface area contributed by atoms with Crippen LogP contribution in [0.2, 0.25) is 10.0 Å². The lowest BCUT2D eigenvalue weighted by Gasteiger charge is -2.25. The van der Waals surface area contributed by atoms with E-state index in [1.165, 1.54) is 11.3 Å². The average Bonchev–Trinajstić information content (AvgIpc) is 3.22. The molecule has 0 aliphatic carbocycles. The summed E-state index contributed by atoms with van der Waals surface area (Å²) in [6.45, 7) is 1.93. The van der Waals surface area contributed by atoms with Gasteiger partial charge in [0.15, 0.2) is 0 Å². The summed E-state index contributed by atoms with van der Waals surface area (Å²) in [5.41, 5.74) is 3.35. The van der Waals surface area contributed by atoms with Crippen LogP contribution in [-0.2, 0) is 4.79 Å². The van der Waals surface area contributed by atoms with Gasteiger partial charge in [0.1, 0.15) is 5.82 Å². The van der Waals surface area contributed by atoms with Crippen molar-refractivity contribution in [3.05, 3.63) is 67.7 Å². The summed E-state index contributed by atoms with van der Waals surface area (Å²) in [6, 6.07) is 11.3. The minimum atomic E-state index is -0.266. The lowest BCUT2D eigenvalue weighted by atomic mass is 9.85. The first kappa shape index (κ1) is 19.1. The van der Waals surface area contributed by atoms with Crippen LogP contribution in [0.5, 0.6) is 0 Å². The number of aromatic nitrogens is 3. The van der Waals surface area contributed by atoms with E-state index < -0.39 is 0 Å². The molecule has 29 heavy (non-hydrogen) atoms. The molecule has 3 heterocycles. The van der Waals surface area contributed by atoms with E-state index in [0.717, 1.165) is 31.5 Å². The van der Waals surface area contributed by atoms with Gasteiger partial charge in [-0.25, -0.2) is 4.98 Å². The predicted molar refractivity (Wildman–Crippen MR) is 121 cm³/mol. The molecule has 4 aromatic rings. The Hall–Kier alpha value is -1.93. The van der Waals surface area contributed by atoms with Gasteiger partial charge in [-0.2, -0.15) is 9.78 Å². The first-order valence-corrected chi connectivity index (χ1v) is 11.2. The van der Waals surface area contributed by atoms with Crippen LogP contribution < -0.4 is 5.32 Å². The zero-order valence-corrected chi connectivity index (χ0v) is 19.0. The first-order chi connectivity index (χ1) is 13.9. The van der Waals surface area contributed by atoms with E-state index in [1.807, 2.05) is 25.1 Å². The number of carbonyl (C=O) groups excluding carboxylic acids is 1. The Morgan fingerprint density at radius 3 is 2.72 bits per heavy atom. The second-order valence-electron chi connectivity index (χ2n) is 6.81. The number of hydrogen-bond donors (Lipinski definition) is 1. The lowest BCUT2D eigenvalue weighted by Crippen LogP contribution is -2.25. The number of benzene rings is 2. The summed E-state index contributed by atoms with van der Waals surface area (Å²) in [5, 5.41) is 9.45. The normalized spacial score (nSPS) is 16.1. The SMILES string of the molecule is Cc1nn(-c2nc3ccc(Br)cc3s2)c2c1[C@@H](c1c(Cl)cccc1Cl)CC(=O)N2. The third-order valence-corrected chi connectivity index (χ3v) is 7.12. The number of hydrogen-bond acceptors (Lipinski definition) is 4. The number of thiazole rings is 1. The molecule has 1 aliphatic heterocycles. The smallest absolute Gasteiger partial charge is 0.226 e. The molecule has 0 bridgehead atoms. The van der Waals surface area contributed by atoms with Crippen molar-refractivity contribution < 1.29 is 4.79 Å². The molecule has 1 amide bonds. The standard InChI is InChI=1S/C20H13BrCl2N4OS/c1-9-17-11(18-12(22)3-2-4-13(18)23)8-16(28)25-19(17)27(26-9)20-24-14-6-5-10(21)7-15(14)29-20/h2-7,11H,8H2,1H3,(H,25,28)/t11-/m0/s1. The highest BCUT2D eigenvalue weighted by atomic mass is 79.9. The van der Waals surface area contributed by atoms with Crippen LogP contribution in [0.25, 0.3) is 15.3 Å². The van der Waals surface area contributed by atoms with E-state index in [1.54, 1.807) is 22.9 Å². The number of anilines is 1. The van der Waals surface area contributed by atoms with Crippen molar-refractivity contribution in [2.24, 2.45) is 0 Å². The molecule has 9 heteroatoms. The highest BCUT2D eigenvalue weighted by Crippen LogP contribution is 2.45. The number of amides is 1. The van der Waals surface area contributed by atoms with Gasteiger partial charge in [0.25, 0.3) is 0 Å². The molecular weight excluding hydrogens is 495 g/mol. The average molecular weight is 508 g/mol. The number of carbonyl (C=O) groups is 1. The Morgan fingerprint density at radius 2 is 1.97 bits per heavy atom. The number of nitrogens with one attached hydrogen (secondary N) is 1. The van der Waals surface area contributed by atoms with Crippen LogP contribution in [0.1, 0.15) is 29.2 Å². The van der Waals surface area contributed by atoms with Gasteiger partial charge < -0.3 is 5.32 Å². The summed E-state index contributed by atoms with van der Waals surface area (Å²) in [6.07, 6.45) is 0.260. The van der Waals surface area contributed by atoms with Crippen molar-refractivity contribution in [1.29, 1.82) is 0 Å². The van der Waals surface area contributed by atoms with Gasteiger partial charge in [-0.15, -0.1) is 0 Å². The van der Waals surface area contributed by atoms with Crippen LogP contribution in [0, 0.1) is 6.92 Å². The molecule has 146 valence electrons. The van der Waals surface area contributed by atoms with E-state index in [9.17, 15) is 4.79 Å². The van der Waals surface area contributed by atoms with Crippen molar-refractivity contribution in [3.63, 3.8) is 0 Å². The highest BCUT2D eigenvalue weighted by Gasteiger charge is 2.35. The fraction of sp³-hybridized carbons (Fsp3) is 0.150. The Balaban J connectivity index is 1.71. The second-order valence-corrected chi connectivity index (χ2v) is 9.55. The van der Waals surface area contributed by atoms with Crippen molar-refractivity contribution >= 4 is 72.4 Å². The van der Waals surface area contributed by atoms with Gasteiger partial charge >= 0.3 is 0 Å². The van der Waals surface area contributed by atoms with E-state index >= 15 is 0 Å². The summed E-state index contributed by atoms with van der Waals surface area (Å²) >= 11 is 17.9. The van der Waals surface area contributed by atoms with E-state index in [0.29, 0.717) is 21.0 Å². The molecule has 1 aliphatic rings. The molecule has 0 spiro atoms. The summed E-state index contributed by atoms with van der Waals surface area (Å²) in [5.74, 6) is 0.249. The highest BCUT2D eigenvalue weighted by molar-refractivity contribution is 9.10. The minimum absolute atomic E-state index is 0.108. The maximum Gasteiger partial charge on any atom is 0.226 e. The van der Waals surface area contributed by atoms with E-state index in [-0.39, 0.29) is 18.2 Å². The third-order valence-electron chi connectivity index (χ3n) is 4.97. The molecular formula is C20H13BrCl2N4OS. The van der Waals surface area contributed by atoms with Crippen molar-refractivity contribution in [2.45, 2.75) is 19.3 Å². The van der Waals surface area contributed by atoms with Gasteiger partial charge in [-0.1, -0.05) is 56.5 Å². The lowest BCUT2D eigenvalue weighted by molar-refractivity contribution is -0.116. The van der Waals surface area contributed by atoms with E-state index in [2.05, 4.69) is 21.2 Å². The summed E-state index contributed by atoms with van der Waals surface area (Å²) in [7, 11) is 0. The number of rotatable bonds is 2. The van der Waals surface area contributed by atoms with Crippen LogP contribution in [0.4, 0.5) is 5.82 Å². The van der Waals surface area contributed by atoms with Crippen LogP contribution in [0.3, 0.4) is 0 Å². The summed E-state index contributed by atoms with van der Waals surface area (Å²) < 4.78 is 3.72. The Bertz CT molecular complexity index is 1280. The minimum Gasteiger partial charge on any atom is -0.310 e. The zero-order chi connectivity index (χ0) is 20.3. The van der Waals surface area contributed by atoms with Gasteiger partial charge in [0.2, 0.25) is 11.0 Å². The molecule has 1 N–H and O–H groups in total. The quantitative estimate of drug-likeness (QED) is 0.344. The second kappa shape index (κ2) is 7.09. The van der Waals surface area contributed by atoms with Crippen LogP contribution >= 0.6 is 50.5 Å². The van der Waals surface area contributed by atoms with Gasteiger partial charge in [0, 0.05) is 32.4 Å². The van der Waals surface area contributed by atoms with Crippen molar-refractivity contribution in [2.75, 3.05) is 5.32 Å². The van der Waals surface area contributed by atoms with Gasteiger partial charge in [-0.3, -0.25) is 4.79 Å². The molecule has 5 nitrogen and oxygen atoms in total. The fourth-order valence-corrected chi connectivity index (χ4v) is 5.89. The Kier molecular flexibility index (Phi) is 4.66. The number of nitrogens with zero attached hydrogens (tertiary/aromatic N) is 3. The first-order valence-electron chi connectivity index (χ1n) is 8.82. The van der Waals surface area contributed by atoms with E-state index in [4.69, 9.17) is 33.3 Å². The van der Waals surface area contributed by atoms with Crippen LogP contribution in [0.15, 0.2) is 40.9 Å². The topological polar surface area (TPSA) is 59.8 Å².